The number of aryl methyl sites for hydroxylation is 1. The van der Waals surface area contributed by atoms with Gasteiger partial charge in [-0.1, -0.05) is 5.16 Å². The highest BCUT2D eigenvalue weighted by Gasteiger charge is 2.26. The number of pyridine rings is 1. The molecule has 3 N–H and O–H groups in total. The van der Waals surface area contributed by atoms with Crippen LogP contribution in [0.1, 0.15) is 24.1 Å². The summed E-state index contributed by atoms with van der Waals surface area (Å²) in [6.45, 7) is 3.94. The van der Waals surface area contributed by atoms with Crippen molar-refractivity contribution in [2.45, 2.75) is 25.8 Å². The van der Waals surface area contributed by atoms with E-state index in [0.29, 0.717) is 11.6 Å². The Morgan fingerprint density at radius 2 is 2.30 bits per heavy atom. The molecule has 1 fully saturated rings. The van der Waals surface area contributed by atoms with Crippen LogP contribution in [0.4, 0.5) is 5.82 Å². The monoisotopic (exact) mass is 277 g/mol. The van der Waals surface area contributed by atoms with Gasteiger partial charge in [0.05, 0.1) is 0 Å². The molecule has 6 nitrogen and oxygen atoms in total. The standard InChI is InChI=1S/C14H23N5O/c1-10-7-11(14(15)17-20)8-13(16-10)19-6-4-5-12(19)9-18(2)3/h7-8,12,20H,4-6,9H2,1-3H3,(H2,15,17). The van der Waals surface area contributed by atoms with E-state index in [1.54, 1.807) is 0 Å². The molecule has 1 aromatic rings. The fourth-order valence-electron chi connectivity index (χ4n) is 2.75. The third kappa shape index (κ3) is 3.19. The molecule has 2 heterocycles. The van der Waals surface area contributed by atoms with Crippen LogP contribution in [0.5, 0.6) is 0 Å². The Kier molecular flexibility index (Phi) is 4.44. The molecule has 1 aromatic heterocycles. The highest BCUT2D eigenvalue weighted by Crippen LogP contribution is 2.25. The Morgan fingerprint density at radius 3 is 2.95 bits per heavy atom. The average molecular weight is 277 g/mol. The number of likely N-dealkylation sites (N-methyl/N-ethyl adjacent to an activating group) is 1. The Bertz CT molecular complexity index is 500. The van der Waals surface area contributed by atoms with Crippen molar-refractivity contribution in [3.63, 3.8) is 0 Å². The second kappa shape index (κ2) is 6.09. The third-order valence-electron chi connectivity index (χ3n) is 3.59. The lowest BCUT2D eigenvalue weighted by Gasteiger charge is -2.28. The van der Waals surface area contributed by atoms with Crippen LogP contribution >= 0.6 is 0 Å². The van der Waals surface area contributed by atoms with Gasteiger partial charge in [0, 0.05) is 30.4 Å². The number of nitrogens with zero attached hydrogens (tertiary/aromatic N) is 4. The molecule has 0 aromatic carbocycles. The molecule has 0 bridgehead atoms. The summed E-state index contributed by atoms with van der Waals surface area (Å²) < 4.78 is 0. The Balaban J connectivity index is 2.29. The van der Waals surface area contributed by atoms with Crippen molar-refractivity contribution in [3.8, 4) is 0 Å². The van der Waals surface area contributed by atoms with Crippen molar-refractivity contribution in [2.24, 2.45) is 10.9 Å². The first-order valence-electron chi connectivity index (χ1n) is 6.89. The van der Waals surface area contributed by atoms with Gasteiger partial charge in [-0.05, 0) is 46.0 Å². The number of hydrogen-bond donors (Lipinski definition) is 2. The predicted octanol–water partition coefficient (Wildman–Crippen LogP) is 1.01. The number of oxime groups is 1. The van der Waals surface area contributed by atoms with Crippen LogP contribution in [-0.4, -0.2) is 54.2 Å². The molecule has 1 aliphatic rings. The number of anilines is 1. The second-order valence-electron chi connectivity index (χ2n) is 5.59. The van der Waals surface area contributed by atoms with Crippen LogP contribution in [0.25, 0.3) is 0 Å². The SMILES string of the molecule is Cc1cc(/C(N)=N/O)cc(N2CCCC2CN(C)C)n1. The maximum Gasteiger partial charge on any atom is 0.170 e. The van der Waals surface area contributed by atoms with Crippen molar-refractivity contribution in [1.82, 2.24) is 9.88 Å². The van der Waals surface area contributed by atoms with E-state index < -0.39 is 0 Å². The number of amidine groups is 1. The number of rotatable bonds is 4. The summed E-state index contributed by atoms with van der Waals surface area (Å²) in [5.74, 6) is 1.04. The van der Waals surface area contributed by atoms with E-state index in [-0.39, 0.29) is 5.84 Å². The minimum atomic E-state index is 0.125. The van der Waals surface area contributed by atoms with Crippen molar-refractivity contribution in [3.05, 3.63) is 23.4 Å². The number of nitrogens with two attached hydrogens (primary N) is 1. The second-order valence-corrected chi connectivity index (χ2v) is 5.59. The van der Waals surface area contributed by atoms with Gasteiger partial charge in [0.15, 0.2) is 5.84 Å². The van der Waals surface area contributed by atoms with Crippen LogP contribution in [-0.2, 0) is 0 Å². The van der Waals surface area contributed by atoms with Crippen LogP contribution in [0, 0.1) is 6.92 Å². The van der Waals surface area contributed by atoms with Gasteiger partial charge in [-0.2, -0.15) is 0 Å². The van der Waals surface area contributed by atoms with Crippen LogP contribution in [0.15, 0.2) is 17.3 Å². The Hall–Kier alpha value is -1.82. The van der Waals surface area contributed by atoms with Gasteiger partial charge in [0.2, 0.25) is 0 Å². The minimum absolute atomic E-state index is 0.125. The molecule has 2 rings (SSSR count). The molecule has 0 radical (unpaired) electrons. The van der Waals surface area contributed by atoms with E-state index in [1.165, 1.54) is 12.8 Å². The Morgan fingerprint density at radius 1 is 1.55 bits per heavy atom. The minimum Gasteiger partial charge on any atom is -0.409 e. The van der Waals surface area contributed by atoms with Crippen molar-refractivity contribution in [2.75, 3.05) is 32.1 Å². The van der Waals surface area contributed by atoms with E-state index in [1.807, 2.05) is 19.1 Å². The summed E-state index contributed by atoms with van der Waals surface area (Å²) in [7, 11) is 4.17. The lowest BCUT2D eigenvalue weighted by molar-refractivity contribution is 0.318. The number of hydrogen-bond acceptors (Lipinski definition) is 5. The van der Waals surface area contributed by atoms with Crippen molar-refractivity contribution in [1.29, 1.82) is 0 Å². The Labute approximate surface area is 119 Å². The van der Waals surface area contributed by atoms with Crippen molar-refractivity contribution >= 4 is 11.7 Å². The summed E-state index contributed by atoms with van der Waals surface area (Å²) in [4.78, 5) is 9.12. The smallest absolute Gasteiger partial charge is 0.170 e. The molecule has 1 aliphatic heterocycles. The zero-order valence-electron chi connectivity index (χ0n) is 12.4. The summed E-state index contributed by atoms with van der Waals surface area (Å²) in [6, 6.07) is 4.20. The zero-order valence-corrected chi connectivity index (χ0v) is 12.4. The maximum absolute atomic E-state index is 8.83. The normalized spacial score (nSPS) is 19.9. The third-order valence-corrected chi connectivity index (χ3v) is 3.59. The van der Waals surface area contributed by atoms with Crippen LogP contribution in [0.3, 0.4) is 0 Å². The van der Waals surface area contributed by atoms with Crippen LogP contribution in [0.2, 0.25) is 0 Å². The highest BCUT2D eigenvalue weighted by molar-refractivity contribution is 5.97. The molecule has 1 atom stereocenters. The van der Waals surface area contributed by atoms with E-state index in [0.717, 1.165) is 24.6 Å². The molecule has 1 unspecified atom stereocenters. The topological polar surface area (TPSA) is 78.0 Å². The van der Waals surface area contributed by atoms with Gasteiger partial charge < -0.3 is 20.7 Å². The molecule has 0 aliphatic carbocycles. The van der Waals surface area contributed by atoms with E-state index in [2.05, 4.69) is 34.0 Å². The van der Waals surface area contributed by atoms with Crippen LogP contribution < -0.4 is 10.6 Å². The number of aromatic nitrogens is 1. The van der Waals surface area contributed by atoms with E-state index in [9.17, 15) is 0 Å². The first kappa shape index (κ1) is 14.6. The molecule has 0 saturated carbocycles. The van der Waals surface area contributed by atoms with Gasteiger partial charge in [0.1, 0.15) is 5.82 Å². The predicted molar refractivity (Wildman–Crippen MR) is 80.4 cm³/mol. The quantitative estimate of drug-likeness (QED) is 0.372. The first-order valence-corrected chi connectivity index (χ1v) is 6.89. The van der Waals surface area contributed by atoms with Gasteiger partial charge >= 0.3 is 0 Å². The summed E-state index contributed by atoms with van der Waals surface area (Å²) in [5, 5.41) is 11.9. The fourth-order valence-corrected chi connectivity index (χ4v) is 2.75. The molecule has 110 valence electrons. The zero-order chi connectivity index (χ0) is 14.7. The van der Waals surface area contributed by atoms with Gasteiger partial charge in [-0.15, -0.1) is 0 Å². The van der Waals surface area contributed by atoms with E-state index >= 15 is 0 Å². The van der Waals surface area contributed by atoms with Gasteiger partial charge in [-0.25, -0.2) is 4.98 Å². The first-order chi connectivity index (χ1) is 9.51. The molecule has 0 spiro atoms. The average Bonchev–Trinajstić information content (AvgIpc) is 2.84. The summed E-state index contributed by atoms with van der Waals surface area (Å²) >= 11 is 0. The summed E-state index contributed by atoms with van der Waals surface area (Å²) in [5.41, 5.74) is 7.28. The van der Waals surface area contributed by atoms with Gasteiger partial charge in [-0.3, -0.25) is 0 Å². The molecular formula is C14H23N5O. The van der Waals surface area contributed by atoms with E-state index in [4.69, 9.17) is 10.9 Å². The summed E-state index contributed by atoms with van der Waals surface area (Å²) in [6.07, 6.45) is 2.35. The highest BCUT2D eigenvalue weighted by atomic mass is 16.4. The maximum atomic E-state index is 8.83. The molecule has 0 amide bonds. The van der Waals surface area contributed by atoms with Gasteiger partial charge in [0.25, 0.3) is 0 Å². The molecule has 20 heavy (non-hydrogen) atoms. The van der Waals surface area contributed by atoms with Crippen molar-refractivity contribution < 1.29 is 5.21 Å². The largest absolute Gasteiger partial charge is 0.409 e. The fraction of sp³-hybridized carbons (Fsp3) is 0.571. The molecule has 6 heteroatoms. The molecular weight excluding hydrogens is 254 g/mol. The molecule has 1 saturated heterocycles. The lowest BCUT2D eigenvalue weighted by atomic mass is 10.2. The lowest BCUT2D eigenvalue weighted by Crippen LogP contribution is -2.38.